The summed E-state index contributed by atoms with van der Waals surface area (Å²) < 4.78 is 3.12. The fourth-order valence-electron chi connectivity index (χ4n) is 1.38. The van der Waals surface area contributed by atoms with E-state index in [1.165, 1.54) is 0 Å². The Balaban J connectivity index is 2.33. The Labute approximate surface area is 107 Å². The molecular weight excluding hydrogens is 286 g/mol. The number of halogens is 1. The molecule has 1 aromatic carbocycles. The van der Waals surface area contributed by atoms with Crippen molar-refractivity contribution in [3.8, 4) is 5.69 Å². The largest absolute Gasteiger partial charge is 0.330 e. The lowest BCUT2D eigenvalue weighted by atomic mass is 10.3. The lowest BCUT2D eigenvalue weighted by Gasteiger charge is -2.08. The molecule has 0 spiro atoms. The van der Waals surface area contributed by atoms with Gasteiger partial charge in [0, 0.05) is 29.2 Å². The van der Waals surface area contributed by atoms with Gasteiger partial charge in [-0.15, -0.1) is 0 Å². The van der Waals surface area contributed by atoms with Gasteiger partial charge in [0.1, 0.15) is 0 Å². The number of imidazole rings is 1. The molecule has 0 atom stereocenters. The van der Waals surface area contributed by atoms with Crippen LogP contribution < -0.4 is 5.73 Å². The van der Waals surface area contributed by atoms with Crippen molar-refractivity contribution in [2.45, 2.75) is 5.16 Å². The van der Waals surface area contributed by atoms with Crippen LogP contribution >= 0.6 is 27.7 Å². The summed E-state index contributed by atoms with van der Waals surface area (Å²) in [6.07, 6.45) is 3.76. The van der Waals surface area contributed by atoms with E-state index in [9.17, 15) is 0 Å². The number of thioether (sulfide) groups is 1. The molecule has 0 saturated heterocycles. The number of nitrogens with two attached hydrogens (primary N) is 1. The molecule has 5 heteroatoms. The second-order valence-corrected chi connectivity index (χ2v) is 5.08. The van der Waals surface area contributed by atoms with Gasteiger partial charge in [-0.3, -0.25) is 4.57 Å². The highest BCUT2D eigenvalue weighted by atomic mass is 79.9. The van der Waals surface area contributed by atoms with Crippen LogP contribution in [0.15, 0.2) is 46.3 Å². The van der Waals surface area contributed by atoms with E-state index < -0.39 is 0 Å². The van der Waals surface area contributed by atoms with Crippen LogP contribution in [0.3, 0.4) is 0 Å². The number of rotatable bonds is 4. The molecular formula is C11H12BrN3S. The van der Waals surface area contributed by atoms with E-state index in [-0.39, 0.29) is 0 Å². The number of hydrogen-bond acceptors (Lipinski definition) is 3. The van der Waals surface area contributed by atoms with Crippen LogP contribution in [0, 0.1) is 0 Å². The minimum Gasteiger partial charge on any atom is -0.330 e. The van der Waals surface area contributed by atoms with Crippen molar-refractivity contribution in [2.75, 3.05) is 12.3 Å². The molecule has 0 aliphatic heterocycles. The molecule has 2 rings (SSSR count). The Kier molecular flexibility index (Phi) is 4.04. The van der Waals surface area contributed by atoms with E-state index in [2.05, 4.69) is 31.5 Å². The zero-order valence-corrected chi connectivity index (χ0v) is 11.0. The predicted molar refractivity (Wildman–Crippen MR) is 71.0 cm³/mol. The predicted octanol–water partition coefficient (Wildman–Crippen LogP) is 2.69. The van der Waals surface area contributed by atoms with Gasteiger partial charge in [0.25, 0.3) is 0 Å². The van der Waals surface area contributed by atoms with E-state index in [4.69, 9.17) is 5.73 Å². The van der Waals surface area contributed by atoms with Crippen molar-refractivity contribution >= 4 is 27.7 Å². The van der Waals surface area contributed by atoms with Crippen LogP contribution in [0.25, 0.3) is 5.69 Å². The number of para-hydroxylation sites is 1. The molecule has 0 aliphatic carbocycles. The molecule has 1 heterocycles. The fourth-order valence-corrected chi connectivity index (χ4v) is 2.59. The highest BCUT2D eigenvalue weighted by Crippen LogP contribution is 2.25. The van der Waals surface area contributed by atoms with E-state index >= 15 is 0 Å². The van der Waals surface area contributed by atoms with Crippen molar-refractivity contribution in [1.29, 1.82) is 0 Å². The first-order valence-corrected chi connectivity index (χ1v) is 6.72. The maximum Gasteiger partial charge on any atom is 0.172 e. The Morgan fingerprint density at radius 1 is 1.38 bits per heavy atom. The molecule has 0 fully saturated rings. The van der Waals surface area contributed by atoms with Gasteiger partial charge in [0.2, 0.25) is 0 Å². The van der Waals surface area contributed by atoms with Gasteiger partial charge in [-0.1, -0.05) is 23.9 Å². The van der Waals surface area contributed by atoms with Gasteiger partial charge in [0.15, 0.2) is 5.16 Å². The summed E-state index contributed by atoms with van der Waals surface area (Å²) in [5, 5.41) is 0.970. The molecule has 84 valence electrons. The Morgan fingerprint density at radius 3 is 2.94 bits per heavy atom. The molecule has 16 heavy (non-hydrogen) atoms. The minimum atomic E-state index is 0.660. The first kappa shape index (κ1) is 11.7. The summed E-state index contributed by atoms with van der Waals surface area (Å²) in [4.78, 5) is 4.32. The molecule has 2 aromatic rings. The fraction of sp³-hybridized carbons (Fsp3) is 0.182. The average Bonchev–Trinajstić information content (AvgIpc) is 2.75. The molecule has 0 bridgehead atoms. The lowest BCUT2D eigenvalue weighted by molar-refractivity contribution is 0.890. The van der Waals surface area contributed by atoms with Crippen molar-refractivity contribution in [1.82, 2.24) is 9.55 Å². The Bertz CT molecular complexity index is 470. The van der Waals surface area contributed by atoms with Crippen molar-refractivity contribution in [3.63, 3.8) is 0 Å². The monoisotopic (exact) mass is 297 g/mol. The second kappa shape index (κ2) is 5.52. The number of hydrogen-bond donors (Lipinski definition) is 1. The maximum absolute atomic E-state index is 5.50. The smallest absolute Gasteiger partial charge is 0.172 e. The van der Waals surface area contributed by atoms with Crippen LogP contribution in [0.1, 0.15) is 0 Å². The minimum absolute atomic E-state index is 0.660. The van der Waals surface area contributed by atoms with Crippen molar-refractivity contribution in [3.05, 3.63) is 41.1 Å². The third-order valence-electron chi connectivity index (χ3n) is 2.07. The zero-order chi connectivity index (χ0) is 11.4. The van der Waals surface area contributed by atoms with E-state index in [1.807, 2.05) is 24.4 Å². The summed E-state index contributed by atoms with van der Waals surface area (Å²) in [6, 6.07) is 8.08. The van der Waals surface area contributed by atoms with E-state index in [0.29, 0.717) is 6.54 Å². The highest BCUT2D eigenvalue weighted by Gasteiger charge is 2.07. The second-order valence-electron chi connectivity index (χ2n) is 3.17. The molecule has 0 radical (unpaired) electrons. The van der Waals surface area contributed by atoms with Crippen molar-refractivity contribution in [2.24, 2.45) is 5.73 Å². The van der Waals surface area contributed by atoms with Crippen LogP contribution in [-0.4, -0.2) is 21.8 Å². The van der Waals surface area contributed by atoms with E-state index in [1.54, 1.807) is 18.0 Å². The van der Waals surface area contributed by atoms with Crippen LogP contribution in [0.2, 0.25) is 0 Å². The molecule has 0 aliphatic rings. The first-order chi connectivity index (χ1) is 7.83. The topological polar surface area (TPSA) is 43.8 Å². The zero-order valence-electron chi connectivity index (χ0n) is 8.64. The van der Waals surface area contributed by atoms with Crippen LogP contribution in [0.4, 0.5) is 0 Å². The molecule has 1 aromatic heterocycles. The standard InChI is InChI=1S/C11H12BrN3S/c12-9-3-1-2-4-10(9)15-7-6-14-11(15)16-8-5-13/h1-4,6-7H,5,8,13H2. The van der Waals surface area contributed by atoms with Gasteiger partial charge < -0.3 is 5.73 Å². The maximum atomic E-state index is 5.50. The quantitative estimate of drug-likeness (QED) is 0.883. The summed E-state index contributed by atoms with van der Waals surface area (Å²) in [5.74, 6) is 0.876. The van der Waals surface area contributed by atoms with Crippen LogP contribution in [-0.2, 0) is 0 Å². The van der Waals surface area contributed by atoms with Gasteiger partial charge in [-0.05, 0) is 28.1 Å². The normalized spacial score (nSPS) is 10.6. The Morgan fingerprint density at radius 2 is 2.19 bits per heavy atom. The van der Waals surface area contributed by atoms with Gasteiger partial charge >= 0.3 is 0 Å². The third-order valence-corrected chi connectivity index (χ3v) is 3.74. The van der Waals surface area contributed by atoms with E-state index in [0.717, 1.165) is 21.1 Å². The van der Waals surface area contributed by atoms with Crippen molar-refractivity contribution < 1.29 is 0 Å². The van der Waals surface area contributed by atoms with Crippen LogP contribution in [0.5, 0.6) is 0 Å². The summed E-state index contributed by atoms with van der Waals surface area (Å²) >= 11 is 5.20. The molecule has 0 amide bonds. The highest BCUT2D eigenvalue weighted by molar-refractivity contribution is 9.10. The molecule has 2 N–H and O–H groups in total. The average molecular weight is 298 g/mol. The molecule has 0 unspecified atom stereocenters. The Hall–Kier alpha value is -0.780. The molecule has 0 saturated carbocycles. The third kappa shape index (κ3) is 2.48. The number of benzene rings is 1. The lowest BCUT2D eigenvalue weighted by Crippen LogP contribution is -2.03. The molecule has 3 nitrogen and oxygen atoms in total. The number of nitrogens with zero attached hydrogens (tertiary/aromatic N) is 2. The summed E-state index contributed by atoms with van der Waals surface area (Å²) in [6.45, 7) is 0.660. The first-order valence-electron chi connectivity index (χ1n) is 4.94. The van der Waals surface area contributed by atoms with Gasteiger partial charge in [-0.2, -0.15) is 0 Å². The SMILES string of the molecule is NCCSc1nccn1-c1ccccc1Br. The van der Waals surface area contributed by atoms with Gasteiger partial charge in [-0.25, -0.2) is 4.98 Å². The summed E-state index contributed by atoms with van der Waals surface area (Å²) in [5.41, 5.74) is 6.59. The van der Waals surface area contributed by atoms with Gasteiger partial charge in [0.05, 0.1) is 5.69 Å². The summed E-state index contributed by atoms with van der Waals surface area (Å²) in [7, 11) is 0. The number of aromatic nitrogens is 2.